The van der Waals surface area contributed by atoms with E-state index in [-0.39, 0.29) is 0 Å². The molecule has 0 atom stereocenters. The Bertz CT molecular complexity index is 4100. The van der Waals surface area contributed by atoms with Crippen LogP contribution >= 0.6 is 0 Å². The Labute approximate surface area is 369 Å². The van der Waals surface area contributed by atoms with E-state index in [4.69, 9.17) is 4.42 Å². The average Bonchev–Trinajstić information content (AvgIpc) is 3.98. The van der Waals surface area contributed by atoms with E-state index in [2.05, 4.69) is 218 Å². The van der Waals surface area contributed by atoms with Crippen LogP contribution in [0.4, 0.5) is 0 Å². The fourth-order valence-corrected chi connectivity index (χ4v) is 12.3. The Kier molecular flexibility index (Phi) is 6.67. The second kappa shape index (κ2) is 12.4. The molecule has 1 nitrogen and oxygen atoms in total. The molecule has 1 spiro atoms. The van der Waals surface area contributed by atoms with Crippen molar-refractivity contribution < 1.29 is 4.42 Å². The van der Waals surface area contributed by atoms with Gasteiger partial charge in [0.05, 0.1) is 5.41 Å². The lowest BCUT2D eigenvalue weighted by Crippen LogP contribution is -2.26. The summed E-state index contributed by atoms with van der Waals surface area (Å²) in [5.41, 5.74) is 17.1. The molecule has 0 fully saturated rings. The van der Waals surface area contributed by atoms with E-state index in [1.807, 2.05) is 0 Å². The summed E-state index contributed by atoms with van der Waals surface area (Å²) in [4.78, 5) is 0. The lowest BCUT2D eigenvalue weighted by molar-refractivity contribution is 0.669. The molecule has 0 radical (unpaired) electrons. The molecule has 0 amide bonds. The van der Waals surface area contributed by atoms with Crippen LogP contribution < -0.4 is 0 Å². The third kappa shape index (κ3) is 4.33. The minimum Gasteiger partial charge on any atom is -0.456 e. The van der Waals surface area contributed by atoms with Crippen molar-refractivity contribution >= 4 is 75.8 Å². The number of rotatable bonds is 2. The number of benzene rings is 12. The molecule has 0 saturated carbocycles. The summed E-state index contributed by atoms with van der Waals surface area (Å²) in [5, 5.41) is 14.8. The first kappa shape index (κ1) is 34.3. The zero-order valence-electron chi connectivity index (χ0n) is 34.7. The maximum Gasteiger partial charge on any atom is 0.136 e. The number of fused-ring (bicyclic) bond motifs is 20. The van der Waals surface area contributed by atoms with Gasteiger partial charge in [0.1, 0.15) is 11.2 Å². The summed E-state index contributed by atoms with van der Waals surface area (Å²) >= 11 is 0. The van der Waals surface area contributed by atoms with E-state index in [0.717, 1.165) is 16.6 Å². The fraction of sp³-hybridized carbons (Fsp3) is 0.0159. The molecular weight excluding hydrogens is 773 g/mol. The first-order valence-corrected chi connectivity index (χ1v) is 22.3. The van der Waals surface area contributed by atoms with Crippen LogP contribution in [0, 0.1) is 0 Å². The van der Waals surface area contributed by atoms with Crippen LogP contribution in [0.2, 0.25) is 0 Å². The first-order valence-electron chi connectivity index (χ1n) is 22.3. The fourth-order valence-electron chi connectivity index (χ4n) is 12.3. The molecule has 1 aromatic heterocycles. The zero-order chi connectivity index (χ0) is 41.7. The predicted octanol–water partition coefficient (Wildman–Crippen LogP) is 17.0. The van der Waals surface area contributed by atoms with Crippen LogP contribution in [0.3, 0.4) is 0 Å². The van der Waals surface area contributed by atoms with Crippen LogP contribution in [0.5, 0.6) is 0 Å². The van der Waals surface area contributed by atoms with Crippen LogP contribution in [0.15, 0.2) is 223 Å². The van der Waals surface area contributed by atoms with Gasteiger partial charge in [-0.25, -0.2) is 0 Å². The molecule has 2 aliphatic carbocycles. The molecular formula is C63H36O. The van der Waals surface area contributed by atoms with Crippen molar-refractivity contribution in [2.24, 2.45) is 0 Å². The summed E-state index contributed by atoms with van der Waals surface area (Å²) in [7, 11) is 0. The highest BCUT2D eigenvalue weighted by molar-refractivity contribution is 6.24. The van der Waals surface area contributed by atoms with Gasteiger partial charge in [0.2, 0.25) is 0 Å². The van der Waals surface area contributed by atoms with Gasteiger partial charge in [-0.2, -0.15) is 0 Å². The summed E-state index contributed by atoms with van der Waals surface area (Å²) in [6, 6.07) is 81.7. The maximum absolute atomic E-state index is 6.47. The molecule has 2 aliphatic rings. The van der Waals surface area contributed by atoms with E-state index < -0.39 is 5.41 Å². The summed E-state index contributed by atoms with van der Waals surface area (Å²) in [6.45, 7) is 0. The Hall–Kier alpha value is -8.26. The Morgan fingerprint density at radius 1 is 0.281 bits per heavy atom. The predicted molar refractivity (Wildman–Crippen MR) is 268 cm³/mol. The summed E-state index contributed by atoms with van der Waals surface area (Å²) in [6.07, 6.45) is 0. The highest BCUT2D eigenvalue weighted by atomic mass is 16.3. The van der Waals surface area contributed by atoms with Crippen molar-refractivity contribution in [3.05, 3.63) is 241 Å². The van der Waals surface area contributed by atoms with Crippen LogP contribution in [-0.4, -0.2) is 0 Å². The van der Waals surface area contributed by atoms with E-state index >= 15 is 0 Å². The van der Waals surface area contributed by atoms with Gasteiger partial charge in [0.15, 0.2) is 0 Å². The number of hydrogen-bond acceptors (Lipinski definition) is 1. The molecule has 1 heterocycles. The van der Waals surface area contributed by atoms with Gasteiger partial charge in [-0.15, -0.1) is 0 Å². The summed E-state index contributed by atoms with van der Waals surface area (Å²) < 4.78 is 6.47. The van der Waals surface area contributed by atoms with Crippen molar-refractivity contribution in [3.63, 3.8) is 0 Å². The largest absolute Gasteiger partial charge is 0.456 e. The van der Waals surface area contributed by atoms with Crippen molar-refractivity contribution in [2.45, 2.75) is 5.41 Å². The minimum atomic E-state index is -0.447. The smallest absolute Gasteiger partial charge is 0.136 e. The van der Waals surface area contributed by atoms with Gasteiger partial charge in [-0.1, -0.05) is 182 Å². The minimum absolute atomic E-state index is 0.447. The van der Waals surface area contributed by atoms with Gasteiger partial charge >= 0.3 is 0 Å². The Balaban J connectivity index is 0.987. The Morgan fingerprint density at radius 2 is 0.797 bits per heavy atom. The molecule has 0 saturated heterocycles. The lowest BCUT2D eigenvalue weighted by atomic mass is 9.69. The zero-order valence-corrected chi connectivity index (χ0v) is 34.7. The monoisotopic (exact) mass is 808 g/mol. The van der Waals surface area contributed by atoms with Gasteiger partial charge < -0.3 is 4.42 Å². The van der Waals surface area contributed by atoms with Gasteiger partial charge in [-0.05, 0) is 157 Å². The second-order valence-electron chi connectivity index (χ2n) is 17.8. The van der Waals surface area contributed by atoms with Crippen molar-refractivity contribution in [3.8, 4) is 44.5 Å². The van der Waals surface area contributed by atoms with Crippen molar-refractivity contribution in [1.29, 1.82) is 0 Å². The van der Waals surface area contributed by atoms with E-state index in [9.17, 15) is 0 Å². The number of hydrogen-bond donors (Lipinski definition) is 0. The standard InChI is InChI=1S/C63H36O/c1-3-15-43-37(13-1)28-32-58-61(43)53-35-41(29-31-57(53)64-58)60-49-21-7-5-19-47(49)59(48-20-6-8-22-50(48)60)40-26-25-39-34-52-51-30-27-38-14-2-4-16-44(38)62(51)63(56(52)36-42(39)33-40)54-23-11-9-17-45(54)46-18-10-12-24-55(46)63/h1-36H. The highest BCUT2D eigenvalue weighted by Crippen LogP contribution is 2.64. The molecule has 0 N–H and O–H groups in total. The summed E-state index contributed by atoms with van der Waals surface area (Å²) in [5.74, 6) is 0. The topological polar surface area (TPSA) is 13.1 Å². The van der Waals surface area contributed by atoms with E-state index in [1.165, 1.54) is 126 Å². The van der Waals surface area contributed by atoms with Crippen molar-refractivity contribution in [2.75, 3.05) is 0 Å². The molecule has 15 rings (SSSR count). The molecule has 0 aliphatic heterocycles. The second-order valence-corrected chi connectivity index (χ2v) is 17.8. The van der Waals surface area contributed by atoms with Crippen LogP contribution in [-0.2, 0) is 5.41 Å². The first-order chi connectivity index (χ1) is 31.7. The van der Waals surface area contributed by atoms with Crippen LogP contribution in [0.1, 0.15) is 22.3 Å². The normalized spacial score (nSPS) is 13.4. The van der Waals surface area contributed by atoms with Gasteiger partial charge in [0.25, 0.3) is 0 Å². The maximum atomic E-state index is 6.47. The SMILES string of the molecule is c1ccc2c(c1)-c1ccccc1C21c2cc3cc(-c4c5ccccc5c(-c5ccc6oc7ccc8ccccc8c7c6c5)c5ccccc45)ccc3cc2-c2ccc3ccccc3c21. The molecule has 0 bridgehead atoms. The van der Waals surface area contributed by atoms with Crippen molar-refractivity contribution in [1.82, 2.24) is 0 Å². The molecule has 0 unspecified atom stereocenters. The molecule has 64 heavy (non-hydrogen) atoms. The lowest BCUT2D eigenvalue weighted by Gasteiger charge is -2.31. The van der Waals surface area contributed by atoms with E-state index in [0.29, 0.717) is 0 Å². The van der Waals surface area contributed by atoms with Gasteiger partial charge in [0, 0.05) is 10.8 Å². The molecule has 13 aromatic rings. The Morgan fingerprint density at radius 3 is 1.48 bits per heavy atom. The number of furan rings is 1. The third-order valence-electron chi connectivity index (χ3n) is 14.8. The molecule has 12 aromatic carbocycles. The highest BCUT2D eigenvalue weighted by Gasteiger charge is 2.52. The average molecular weight is 809 g/mol. The van der Waals surface area contributed by atoms with Crippen LogP contribution in [0.25, 0.3) is 120 Å². The van der Waals surface area contributed by atoms with E-state index in [1.54, 1.807) is 0 Å². The quantitative estimate of drug-likeness (QED) is 0.159. The molecule has 1 heteroatoms. The molecule has 294 valence electrons. The third-order valence-corrected chi connectivity index (χ3v) is 14.8. The van der Waals surface area contributed by atoms with Gasteiger partial charge in [-0.3, -0.25) is 0 Å².